The molecule has 4 N–H and O–H groups in total. The predicted molar refractivity (Wildman–Crippen MR) is 82.9 cm³/mol. The van der Waals surface area contributed by atoms with E-state index in [0.717, 1.165) is 13.0 Å². The van der Waals surface area contributed by atoms with Crippen LogP contribution in [0.5, 0.6) is 0 Å². The molecule has 0 bridgehead atoms. The molecule has 0 aliphatic carbocycles. The first-order valence-corrected chi connectivity index (χ1v) is 6.97. The zero-order chi connectivity index (χ0) is 15.1. The molecule has 0 fully saturated rings. The Labute approximate surface area is 124 Å². The Morgan fingerprint density at radius 3 is 2.85 bits per heavy atom. The van der Waals surface area contributed by atoms with Crippen LogP contribution in [-0.2, 0) is 4.79 Å². The van der Waals surface area contributed by atoms with Crippen molar-refractivity contribution in [3.8, 4) is 0 Å². The van der Waals surface area contributed by atoms with Gasteiger partial charge in [0.2, 0.25) is 5.91 Å². The van der Waals surface area contributed by atoms with Crippen LogP contribution in [0.1, 0.15) is 19.8 Å². The number of halogens is 1. The Kier molecular flexibility index (Phi) is 6.78. The molecule has 0 aromatic heterocycles. The first-order chi connectivity index (χ1) is 9.43. The topological polar surface area (TPSA) is 78.6 Å². The van der Waals surface area contributed by atoms with Gasteiger partial charge in [0.05, 0.1) is 17.3 Å². The minimum Gasteiger partial charge on any atom is -0.399 e. The largest absolute Gasteiger partial charge is 0.399 e. The molecule has 1 amide bonds. The highest BCUT2D eigenvalue weighted by Crippen LogP contribution is 2.24. The summed E-state index contributed by atoms with van der Waals surface area (Å²) in [6.45, 7) is 2.81. The van der Waals surface area contributed by atoms with Gasteiger partial charge in [-0.3, -0.25) is 4.79 Å². The molecule has 1 aromatic carbocycles. The van der Waals surface area contributed by atoms with Crippen molar-refractivity contribution >= 4 is 28.9 Å². The predicted octanol–water partition coefficient (Wildman–Crippen LogP) is 1.95. The van der Waals surface area contributed by atoms with Crippen LogP contribution in [0.25, 0.3) is 0 Å². The lowest BCUT2D eigenvalue weighted by molar-refractivity contribution is -0.116. The number of aliphatic hydroxyl groups is 1. The summed E-state index contributed by atoms with van der Waals surface area (Å²) >= 11 is 5.99. The van der Waals surface area contributed by atoms with E-state index in [1.165, 1.54) is 0 Å². The third-order valence-corrected chi connectivity index (χ3v) is 3.51. The third-order valence-electron chi connectivity index (χ3n) is 3.20. The van der Waals surface area contributed by atoms with Crippen LogP contribution in [0.15, 0.2) is 18.2 Å². The van der Waals surface area contributed by atoms with Gasteiger partial charge in [-0.1, -0.05) is 11.6 Å². The third kappa shape index (κ3) is 5.36. The van der Waals surface area contributed by atoms with E-state index in [1.807, 2.05) is 18.9 Å². The van der Waals surface area contributed by atoms with Gasteiger partial charge < -0.3 is 21.1 Å². The average Bonchev–Trinajstić information content (AvgIpc) is 2.41. The molecule has 0 radical (unpaired) electrons. The van der Waals surface area contributed by atoms with Crippen LogP contribution in [0.2, 0.25) is 5.02 Å². The monoisotopic (exact) mass is 299 g/mol. The quantitative estimate of drug-likeness (QED) is 0.673. The number of carbonyl (C=O) groups is 1. The number of nitrogens with two attached hydrogens (primary N) is 1. The normalized spacial score (nSPS) is 12.4. The van der Waals surface area contributed by atoms with Crippen molar-refractivity contribution in [3.63, 3.8) is 0 Å². The fourth-order valence-electron chi connectivity index (χ4n) is 1.69. The van der Waals surface area contributed by atoms with Gasteiger partial charge in [-0.2, -0.15) is 0 Å². The Morgan fingerprint density at radius 2 is 2.25 bits per heavy atom. The lowest BCUT2D eigenvalue weighted by Gasteiger charge is -2.22. The second kappa shape index (κ2) is 8.09. The van der Waals surface area contributed by atoms with Crippen molar-refractivity contribution in [2.75, 3.05) is 31.2 Å². The van der Waals surface area contributed by atoms with Gasteiger partial charge in [0.1, 0.15) is 0 Å². The van der Waals surface area contributed by atoms with Crippen molar-refractivity contribution in [1.29, 1.82) is 0 Å². The Balaban J connectivity index is 2.37. The molecule has 1 rings (SSSR count). The van der Waals surface area contributed by atoms with Crippen molar-refractivity contribution < 1.29 is 9.90 Å². The van der Waals surface area contributed by atoms with Crippen LogP contribution >= 0.6 is 11.6 Å². The highest BCUT2D eigenvalue weighted by Gasteiger charge is 2.09. The van der Waals surface area contributed by atoms with E-state index in [2.05, 4.69) is 5.32 Å². The molecule has 20 heavy (non-hydrogen) atoms. The highest BCUT2D eigenvalue weighted by atomic mass is 35.5. The van der Waals surface area contributed by atoms with Gasteiger partial charge in [-0.15, -0.1) is 0 Å². The Bertz CT molecular complexity index is 454. The van der Waals surface area contributed by atoms with E-state index in [0.29, 0.717) is 22.8 Å². The van der Waals surface area contributed by atoms with Crippen molar-refractivity contribution in [2.45, 2.75) is 25.8 Å². The number of likely N-dealkylation sites (N-methyl/N-ethyl adjacent to an activating group) is 1. The van der Waals surface area contributed by atoms with Crippen LogP contribution in [0, 0.1) is 0 Å². The summed E-state index contributed by atoms with van der Waals surface area (Å²) in [7, 11) is 1.93. The lowest BCUT2D eigenvalue weighted by Crippen LogP contribution is -2.33. The molecule has 1 unspecified atom stereocenters. The molecule has 0 aliphatic rings. The smallest absolute Gasteiger partial charge is 0.224 e. The van der Waals surface area contributed by atoms with Crippen LogP contribution < -0.4 is 11.1 Å². The molecule has 6 heteroatoms. The number of benzene rings is 1. The van der Waals surface area contributed by atoms with Gasteiger partial charge in [-0.05, 0) is 45.1 Å². The highest BCUT2D eigenvalue weighted by molar-refractivity contribution is 6.34. The lowest BCUT2D eigenvalue weighted by atomic mass is 10.2. The Morgan fingerprint density at radius 1 is 1.55 bits per heavy atom. The van der Waals surface area contributed by atoms with Crippen LogP contribution in [0.4, 0.5) is 11.4 Å². The number of nitrogens with one attached hydrogen (secondary N) is 1. The summed E-state index contributed by atoms with van der Waals surface area (Å²) in [5, 5.41) is 12.2. The fourth-order valence-corrected chi connectivity index (χ4v) is 1.93. The van der Waals surface area contributed by atoms with Crippen molar-refractivity contribution in [2.24, 2.45) is 0 Å². The molecule has 0 heterocycles. The van der Waals surface area contributed by atoms with Gasteiger partial charge in [0, 0.05) is 18.2 Å². The number of rotatable bonds is 7. The number of aliphatic hydroxyl groups excluding tert-OH is 1. The summed E-state index contributed by atoms with van der Waals surface area (Å²) in [4.78, 5) is 13.8. The van der Waals surface area contributed by atoms with Gasteiger partial charge in [0.25, 0.3) is 0 Å². The summed E-state index contributed by atoms with van der Waals surface area (Å²) in [5.74, 6) is -0.0817. The van der Waals surface area contributed by atoms with Gasteiger partial charge >= 0.3 is 0 Å². The van der Waals surface area contributed by atoms with Gasteiger partial charge in [-0.25, -0.2) is 0 Å². The minimum absolute atomic E-state index is 0.0817. The van der Waals surface area contributed by atoms with E-state index >= 15 is 0 Å². The number of hydrogen-bond donors (Lipinski definition) is 3. The summed E-state index contributed by atoms with van der Waals surface area (Å²) in [6.07, 6.45) is 1.13. The molecular weight excluding hydrogens is 278 g/mol. The van der Waals surface area contributed by atoms with E-state index in [4.69, 9.17) is 22.4 Å². The SMILES string of the molecule is CC(CO)N(C)CCCC(=O)Nc1ccc(N)cc1Cl. The number of anilines is 2. The maximum atomic E-state index is 11.8. The second-order valence-corrected chi connectivity index (χ2v) is 5.31. The van der Waals surface area contributed by atoms with E-state index in [-0.39, 0.29) is 18.6 Å². The number of nitrogens with zero attached hydrogens (tertiary/aromatic N) is 1. The maximum Gasteiger partial charge on any atom is 0.224 e. The van der Waals surface area contributed by atoms with Crippen molar-refractivity contribution in [3.05, 3.63) is 23.2 Å². The Hall–Kier alpha value is -1.30. The molecule has 0 spiro atoms. The average molecular weight is 300 g/mol. The molecule has 1 atom stereocenters. The van der Waals surface area contributed by atoms with Crippen LogP contribution in [0.3, 0.4) is 0 Å². The maximum absolute atomic E-state index is 11.8. The molecule has 1 aromatic rings. The zero-order valence-electron chi connectivity index (χ0n) is 11.9. The first kappa shape index (κ1) is 16.8. The van der Waals surface area contributed by atoms with Crippen molar-refractivity contribution in [1.82, 2.24) is 4.90 Å². The molecule has 0 saturated heterocycles. The standard InChI is InChI=1S/C14H22ClN3O2/c1-10(9-19)18(2)7-3-4-14(20)17-13-6-5-11(16)8-12(13)15/h5-6,8,10,19H,3-4,7,9,16H2,1-2H3,(H,17,20). The molecule has 5 nitrogen and oxygen atoms in total. The number of amides is 1. The number of hydrogen-bond acceptors (Lipinski definition) is 4. The number of nitrogen functional groups attached to an aromatic ring is 1. The molecule has 0 saturated carbocycles. The zero-order valence-corrected chi connectivity index (χ0v) is 12.7. The molecule has 112 valence electrons. The number of carbonyl (C=O) groups excluding carboxylic acids is 1. The molecular formula is C14H22ClN3O2. The van der Waals surface area contributed by atoms with E-state index in [1.54, 1.807) is 18.2 Å². The summed E-state index contributed by atoms with van der Waals surface area (Å²) in [5.41, 5.74) is 6.72. The van der Waals surface area contributed by atoms with Gasteiger partial charge in [0.15, 0.2) is 0 Å². The van der Waals surface area contributed by atoms with E-state index < -0.39 is 0 Å². The van der Waals surface area contributed by atoms with E-state index in [9.17, 15) is 4.79 Å². The summed E-state index contributed by atoms with van der Waals surface area (Å²) < 4.78 is 0. The minimum atomic E-state index is -0.0817. The summed E-state index contributed by atoms with van der Waals surface area (Å²) in [6, 6.07) is 5.09. The van der Waals surface area contributed by atoms with Crippen LogP contribution in [-0.4, -0.2) is 42.2 Å². The molecule has 0 aliphatic heterocycles. The fraction of sp³-hybridized carbons (Fsp3) is 0.500. The first-order valence-electron chi connectivity index (χ1n) is 6.60. The second-order valence-electron chi connectivity index (χ2n) is 4.90.